The van der Waals surface area contributed by atoms with Crippen molar-refractivity contribution < 1.29 is 14.3 Å². The number of nitrogens with one attached hydrogen (secondary N) is 1. The molecule has 7 heteroatoms. The first kappa shape index (κ1) is 21.4. The van der Waals surface area contributed by atoms with Crippen molar-refractivity contribution in [3.05, 3.63) is 59.7 Å². The van der Waals surface area contributed by atoms with Gasteiger partial charge in [0.05, 0.1) is 6.04 Å². The summed E-state index contributed by atoms with van der Waals surface area (Å²) in [5.41, 5.74) is 15.2. The molecule has 30 heavy (non-hydrogen) atoms. The number of Topliss-reactive ketones (excluding diaryl/α,β-unsaturated/α-hetero) is 1. The summed E-state index contributed by atoms with van der Waals surface area (Å²) in [5.74, 6) is -0.0706. The quantitative estimate of drug-likeness (QED) is 0.335. The zero-order valence-electron chi connectivity index (χ0n) is 17.1. The minimum atomic E-state index is -0.583. The summed E-state index contributed by atoms with van der Waals surface area (Å²) in [6.07, 6.45) is 1.37. The van der Waals surface area contributed by atoms with Gasteiger partial charge in [-0.2, -0.15) is 0 Å². The number of aliphatic imine (C=N–C) groups is 1. The van der Waals surface area contributed by atoms with Gasteiger partial charge in [-0.1, -0.05) is 48.5 Å². The molecule has 1 amide bonds. The third-order valence-corrected chi connectivity index (χ3v) is 5.32. The van der Waals surface area contributed by atoms with Gasteiger partial charge in [0.25, 0.3) is 0 Å². The molecule has 0 spiro atoms. The lowest BCUT2D eigenvalue weighted by Gasteiger charge is -2.18. The van der Waals surface area contributed by atoms with E-state index in [9.17, 15) is 9.59 Å². The normalized spacial score (nSPS) is 13.1. The van der Waals surface area contributed by atoms with Crippen LogP contribution in [0.4, 0.5) is 4.79 Å². The summed E-state index contributed by atoms with van der Waals surface area (Å²) >= 11 is 0. The number of nitrogens with two attached hydrogens (primary N) is 2. The highest BCUT2D eigenvalue weighted by Gasteiger charge is 2.29. The Balaban J connectivity index is 1.56. The van der Waals surface area contributed by atoms with Gasteiger partial charge in [0.15, 0.2) is 11.7 Å². The Bertz CT molecular complexity index is 892. The average Bonchev–Trinajstić information content (AvgIpc) is 3.04. The first-order valence-corrected chi connectivity index (χ1v) is 10.1. The molecule has 7 nitrogen and oxygen atoms in total. The van der Waals surface area contributed by atoms with Crippen molar-refractivity contribution in [2.24, 2.45) is 16.5 Å². The Morgan fingerprint density at radius 1 is 1.03 bits per heavy atom. The third-order valence-electron chi connectivity index (χ3n) is 5.32. The summed E-state index contributed by atoms with van der Waals surface area (Å²) in [6, 6.07) is 15.7. The van der Waals surface area contributed by atoms with E-state index in [2.05, 4.69) is 34.6 Å². The molecule has 0 radical (unpaired) electrons. The van der Waals surface area contributed by atoms with Crippen molar-refractivity contribution in [1.29, 1.82) is 0 Å². The van der Waals surface area contributed by atoms with Gasteiger partial charge >= 0.3 is 6.09 Å². The van der Waals surface area contributed by atoms with Gasteiger partial charge in [-0.05, 0) is 48.4 Å². The minimum absolute atomic E-state index is 0.0153. The van der Waals surface area contributed by atoms with Crippen molar-refractivity contribution >= 4 is 17.8 Å². The SMILES string of the molecule is CC(=O)[C@H](CCCCN=C(N)N)NC(=O)OCC1c2ccccc2-c2ccccc21. The summed E-state index contributed by atoms with van der Waals surface area (Å²) in [5, 5.41) is 2.69. The minimum Gasteiger partial charge on any atom is -0.449 e. The number of guanidine groups is 1. The first-order valence-electron chi connectivity index (χ1n) is 10.1. The second kappa shape index (κ2) is 9.91. The maximum atomic E-state index is 12.4. The van der Waals surface area contributed by atoms with Gasteiger partial charge in [0.2, 0.25) is 0 Å². The van der Waals surface area contributed by atoms with Crippen LogP contribution in [0.25, 0.3) is 11.1 Å². The number of carbonyl (C=O) groups is 2. The van der Waals surface area contributed by atoms with Gasteiger partial charge < -0.3 is 21.5 Å². The number of carbonyl (C=O) groups excluding carboxylic acids is 2. The van der Waals surface area contributed by atoms with Crippen LogP contribution < -0.4 is 16.8 Å². The Labute approximate surface area is 176 Å². The molecule has 1 aliphatic rings. The number of benzene rings is 2. The number of ether oxygens (including phenoxy) is 1. The Morgan fingerprint density at radius 2 is 1.63 bits per heavy atom. The van der Waals surface area contributed by atoms with Crippen LogP contribution in [0.2, 0.25) is 0 Å². The molecule has 5 N–H and O–H groups in total. The number of fused-ring (bicyclic) bond motifs is 3. The van der Waals surface area contributed by atoms with Crippen molar-refractivity contribution in [2.75, 3.05) is 13.2 Å². The number of nitrogens with zero attached hydrogens (tertiary/aromatic N) is 1. The van der Waals surface area contributed by atoms with Crippen LogP contribution in [0.5, 0.6) is 0 Å². The zero-order valence-corrected chi connectivity index (χ0v) is 17.1. The Morgan fingerprint density at radius 3 is 2.20 bits per heavy atom. The largest absolute Gasteiger partial charge is 0.449 e. The van der Waals surface area contributed by atoms with E-state index >= 15 is 0 Å². The molecule has 3 rings (SSSR count). The molecule has 0 saturated heterocycles. The molecule has 2 aromatic carbocycles. The smallest absolute Gasteiger partial charge is 0.407 e. The highest BCUT2D eigenvalue weighted by Crippen LogP contribution is 2.44. The van der Waals surface area contributed by atoms with Gasteiger partial charge in [-0.3, -0.25) is 9.79 Å². The van der Waals surface area contributed by atoms with Gasteiger partial charge in [-0.15, -0.1) is 0 Å². The van der Waals surface area contributed by atoms with E-state index in [1.54, 1.807) is 0 Å². The van der Waals surface area contributed by atoms with Crippen molar-refractivity contribution in [3.8, 4) is 11.1 Å². The predicted octanol–water partition coefficient (Wildman–Crippen LogP) is 2.93. The predicted molar refractivity (Wildman–Crippen MR) is 117 cm³/mol. The number of hydrogen-bond donors (Lipinski definition) is 3. The molecular formula is C23H28N4O3. The lowest BCUT2D eigenvalue weighted by Crippen LogP contribution is -2.40. The molecule has 0 aromatic heterocycles. The fourth-order valence-corrected chi connectivity index (χ4v) is 3.83. The molecule has 1 aliphatic carbocycles. The van der Waals surface area contributed by atoms with E-state index in [0.29, 0.717) is 19.4 Å². The van der Waals surface area contributed by atoms with E-state index in [4.69, 9.17) is 16.2 Å². The number of alkyl carbamates (subject to hydrolysis) is 1. The van der Waals surface area contributed by atoms with E-state index in [1.165, 1.54) is 18.1 Å². The molecule has 0 bridgehead atoms. The Hall–Kier alpha value is -3.35. The van der Waals surface area contributed by atoms with Gasteiger partial charge in [-0.25, -0.2) is 4.79 Å². The van der Waals surface area contributed by atoms with Crippen molar-refractivity contribution in [1.82, 2.24) is 5.32 Å². The molecule has 1 atom stereocenters. The van der Waals surface area contributed by atoms with Crippen LogP contribution in [-0.4, -0.2) is 37.0 Å². The molecular weight excluding hydrogens is 380 g/mol. The summed E-state index contributed by atoms with van der Waals surface area (Å²) in [4.78, 5) is 28.2. The molecule has 0 unspecified atom stereocenters. The van der Waals surface area contributed by atoms with Crippen LogP contribution in [0.1, 0.15) is 43.2 Å². The van der Waals surface area contributed by atoms with E-state index in [-0.39, 0.29) is 24.3 Å². The second-order valence-electron chi connectivity index (χ2n) is 7.44. The standard InChI is InChI=1S/C23H28N4O3/c1-15(28)21(12-6-7-13-26-22(24)25)27-23(29)30-14-20-18-10-4-2-8-16(18)17-9-3-5-11-19(17)20/h2-5,8-11,20-21H,6-7,12-14H2,1H3,(H,27,29)(H4,24,25,26)/t21-/m0/s1. The zero-order chi connectivity index (χ0) is 21.5. The van der Waals surface area contributed by atoms with Crippen LogP contribution in [-0.2, 0) is 9.53 Å². The fraction of sp³-hybridized carbons (Fsp3) is 0.348. The van der Waals surface area contributed by atoms with Crippen LogP contribution in [0.3, 0.4) is 0 Å². The van der Waals surface area contributed by atoms with Crippen molar-refractivity contribution in [2.45, 2.75) is 38.1 Å². The topological polar surface area (TPSA) is 120 Å². The molecule has 0 saturated carbocycles. The van der Waals surface area contributed by atoms with Crippen LogP contribution in [0.15, 0.2) is 53.5 Å². The van der Waals surface area contributed by atoms with Gasteiger partial charge in [0.1, 0.15) is 6.61 Å². The number of rotatable bonds is 9. The molecule has 158 valence electrons. The van der Waals surface area contributed by atoms with E-state index < -0.39 is 12.1 Å². The highest BCUT2D eigenvalue weighted by molar-refractivity contribution is 5.85. The number of ketones is 1. The van der Waals surface area contributed by atoms with E-state index in [0.717, 1.165) is 17.5 Å². The number of hydrogen-bond acceptors (Lipinski definition) is 4. The summed E-state index contributed by atoms with van der Waals surface area (Å²) in [7, 11) is 0. The lowest BCUT2D eigenvalue weighted by atomic mass is 9.98. The lowest BCUT2D eigenvalue weighted by molar-refractivity contribution is -0.119. The van der Waals surface area contributed by atoms with Crippen LogP contribution >= 0.6 is 0 Å². The second-order valence-corrected chi connectivity index (χ2v) is 7.44. The third kappa shape index (κ3) is 5.17. The monoisotopic (exact) mass is 408 g/mol. The molecule has 0 heterocycles. The summed E-state index contributed by atoms with van der Waals surface area (Å²) < 4.78 is 5.52. The molecule has 0 fully saturated rings. The molecule has 0 aliphatic heterocycles. The van der Waals surface area contributed by atoms with E-state index in [1.807, 2.05) is 24.3 Å². The fourth-order valence-electron chi connectivity index (χ4n) is 3.83. The highest BCUT2D eigenvalue weighted by atomic mass is 16.5. The molecule has 2 aromatic rings. The average molecular weight is 409 g/mol. The number of amides is 1. The van der Waals surface area contributed by atoms with Gasteiger partial charge in [0, 0.05) is 12.5 Å². The first-order chi connectivity index (χ1) is 14.5. The maximum absolute atomic E-state index is 12.4. The summed E-state index contributed by atoms with van der Waals surface area (Å²) in [6.45, 7) is 2.18. The maximum Gasteiger partial charge on any atom is 0.407 e. The Kier molecular flexibility index (Phi) is 7.06. The van der Waals surface area contributed by atoms with Crippen LogP contribution in [0, 0.1) is 0 Å². The number of unbranched alkanes of at least 4 members (excludes halogenated alkanes) is 1. The van der Waals surface area contributed by atoms with Crippen molar-refractivity contribution in [3.63, 3.8) is 0 Å².